The first-order valence-corrected chi connectivity index (χ1v) is 7.47. The van der Waals surface area contributed by atoms with Crippen molar-refractivity contribution in [2.45, 2.75) is 26.8 Å². The fourth-order valence-electron chi connectivity index (χ4n) is 2.26. The molecule has 5 nitrogen and oxygen atoms in total. The summed E-state index contributed by atoms with van der Waals surface area (Å²) < 4.78 is 19.1. The predicted molar refractivity (Wildman–Crippen MR) is 100.0 cm³/mol. The van der Waals surface area contributed by atoms with Gasteiger partial charge in [0, 0.05) is 24.5 Å². The molecule has 0 unspecified atom stereocenters. The Morgan fingerprint density at radius 2 is 1.83 bits per heavy atom. The molecule has 8 heteroatoms. The molecule has 138 valence electrons. The summed E-state index contributed by atoms with van der Waals surface area (Å²) >= 11 is 0. The number of hydrogen-bond donors (Lipinski definition) is 2. The highest BCUT2D eigenvalue weighted by atomic mass is 35.5. The van der Waals surface area contributed by atoms with E-state index in [4.69, 9.17) is 10.5 Å². The number of nitrogens with two attached hydrogens (primary N) is 1. The molecule has 0 spiro atoms. The lowest BCUT2D eigenvalue weighted by atomic mass is 9.87. The summed E-state index contributed by atoms with van der Waals surface area (Å²) in [5.41, 5.74) is 6.73. The molecule has 0 radical (unpaired) electrons. The minimum absolute atomic E-state index is 0. The third-order valence-electron chi connectivity index (χ3n) is 3.74. The van der Waals surface area contributed by atoms with Crippen molar-refractivity contribution in [3.8, 4) is 0 Å². The summed E-state index contributed by atoms with van der Waals surface area (Å²) in [6, 6.07) is 3.87. The van der Waals surface area contributed by atoms with Gasteiger partial charge in [0.2, 0.25) is 5.91 Å². The molecule has 24 heavy (non-hydrogen) atoms. The Bertz CT molecular complexity index is 547. The van der Waals surface area contributed by atoms with E-state index in [0.29, 0.717) is 32.0 Å². The number of rotatable bonds is 3. The second-order valence-corrected chi connectivity index (χ2v) is 6.63. The van der Waals surface area contributed by atoms with Crippen LogP contribution in [0.2, 0.25) is 0 Å². The highest BCUT2D eigenvalue weighted by Gasteiger charge is 2.27. The molecule has 0 aromatic heterocycles. The van der Waals surface area contributed by atoms with Crippen molar-refractivity contribution in [3.63, 3.8) is 0 Å². The Hall–Kier alpha value is -1.08. The molecular weight excluding hydrogens is 356 g/mol. The molecule has 0 bridgehead atoms. The molecule has 1 heterocycles. The van der Waals surface area contributed by atoms with Crippen molar-refractivity contribution < 1.29 is 13.9 Å². The molecule has 0 saturated carbocycles. The third-order valence-corrected chi connectivity index (χ3v) is 3.74. The first-order valence-electron chi connectivity index (χ1n) is 7.47. The molecule has 0 aliphatic carbocycles. The van der Waals surface area contributed by atoms with Gasteiger partial charge in [0.1, 0.15) is 5.82 Å². The van der Waals surface area contributed by atoms with E-state index in [0.717, 1.165) is 5.69 Å². The summed E-state index contributed by atoms with van der Waals surface area (Å²) in [5.74, 6) is -0.699. The molecule has 1 fully saturated rings. The minimum Gasteiger partial charge on any atom is -0.378 e. The van der Waals surface area contributed by atoms with Crippen LogP contribution in [0.15, 0.2) is 18.2 Å². The molecule has 1 atom stereocenters. The van der Waals surface area contributed by atoms with E-state index in [1.807, 2.05) is 25.7 Å². The zero-order valence-electron chi connectivity index (χ0n) is 14.2. The van der Waals surface area contributed by atoms with E-state index in [2.05, 4.69) is 5.32 Å². The van der Waals surface area contributed by atoms with Gasteiger partial charge < -0.3 is 20.7 Å². The predicted octanol–water partition coefficient (Wildman–Crippen LogP) is 2.82. The highest BCUT2D eigenvalue weighted by molar-refractivity contribution is 5.95. The van der Waals surface area contributed by atoms with Gasteiger partial charge in [0.05, 0.1) is 19.3 Å². The van der Waals surface area contributed by atoms with Gasteiger partial charge in [0.25, 0.3) is 0 Å². The number of halogens is 3. The summed E-state index contributed by atoms with van der Waals surface area (Å²) in [7, 11) is 0. The highest BCUT2D eigenvalue weighted by Crippen LogP contribution is 2.24. The van der Waals surface area contributed by atoms with Crippen LogP contribution < -0.4 is 16.0 Å². The van der Waals surface area contributed by atoms with Gasteiger partial charge >= 0.3 is 0 Å². The summed E-state index contributed by atoms with van der Waals surface area (Å²) in [4.78, 5) is 14.2. The van der Waals surface area contributed by atoms with Crippen molar-refractivity contribution in [1.82, 2.24) is 0 Å². The zero-order chi connectivity index (χ0) is 16.3. The van der Waals surface area contributed by atoms with Crippen molar-refractivity contribution in [3.05, 3.63) is 24.0 Å². The quantitative estimate of drug-likeness (QED) is 0.844. The van der Waals surface area contributed by atoms with Gasteiger partial charge in [-0.15, -0.1) is 24.8 Å². The van der Waals surface area contributed by atoms with E-state index < -0.39 is 6.04 Å². The van der Waals surface area contributed by atoms with E-state index in [-0.39, 0.29) is 42.0 Å². The Morgan fingerprint density at radius 3 is 2.38 bits per heavy atom. The summed E-state index contributed by atoms with van der Waals surface area (Å²) in [6.07, 6.45) is 0. The molecular formula is C16H26Cl2FN3O2. The molecule has 1 saturated heterocycles. The van der Waals surface area contributed by atoms with E-state index in [1.165, 1.54) is 12.1 Å². The lowest BCUT2D eigenvalue weighted by molar-refractivity contribution is -0.119. The van der Waals surface area contributed by atoms with Crippen LogP contribution in [-0.2, 0) is 9.53 Å². The second kappa shape index (κ2) is 9.42. The van der Waals surface area contributed by atoms with E-state index in [9.17, 15) is 9.18 Å². The number of ether oxygens (including phenoxy) is 1. The van der Waals surface area contributed by atoms with Crippen molar-refractivity contribution in [2.75, 3.05) is 36.5 Å². The Balaban J connectivity index is 0.00000264. The number of hydrogen-bond acceptors (Lipinski definition) is 4. The molecule has 1 aliphatic rings. The van der Waals surface area contributed by atoms with Crippen molar-refractivity contribution in [2.24, 2.45) is 11.1 Å². The summed E-state index contributed by atoms with van der Waals surface area (Å²) in [5, 5.41) is 2.71. The molecule has 2 rings (SSSR count). The largest absolute Gasteiger partial charge is 0.378 e. The molecule has 3 N–H and O–H groups in total. The van der Waals surface area contributed by atoms with E-state index in [1.54, 1.807) is 6.07 Å². The topological polar surface area (TPSA) is 67.6 Å². The first-order chi connectivity index (χ1) is 10.3. The van der Waals surface area contributed by atoms with Gasteiger partial charge in [0.15, 0.2) is 0 Å². The SMILES string of the molecule is CC(C)(C)[C@H](N)C(=O)Nc1cc(F)cc(N2CCOCC2)c1.Cl.Cl. The number of nitrogens with zero attached hydrogens (tertiary/aromatic N) is 1. The minimum atomic E-state index is -0.664. The Kier molecular flexibility index (Phi) is 8.99. The van der Waals surface area contributed by atoms with Crippen LogP contribution >= 0.6 is 24.8 Å². The van der Waals surface area contributed by atoms with Crippen LogP contribution in [0, 0.1) is 11.2 Å². The monoisotopic (exact) mass is 381 g/mol. The number of amides is 1. The average Bonchev–Trinajstić information content (AvgIpc) is 2.45. The number of carbonyl (C=O) groups is 1. The maximum Gasteiger partial charge on any atom is 0.241 e. The van der Waals surface area contributed by atoms with Crippen molar-refractivity contribution in [1.29, 1.82) is 0 Å². The van der Waals surface area contributed by atoms with Crippen LogP contribution in [0.5, 0.6) is 0 Å². The number of carbonyl (C=O) groups excluding carboxylic acids is 1. The van der Waals surface area contributed by atoms with Crippen LogP contribution in [0.3, 0.4) is 0 Å². The van der Waals surface area contributed by atoms with Crippen LogP contribution in [0.25, 0.3) is 0 Å². The summed E-state index contributed by atoms with van der Waals surface area (Å²) in [6.45, 7) is 8.32. The Morgan fingerprint density at radius 1 is 1.25 bits per heavy atom. The fraction of sp³-hybridized carbons (Fsp3) is 0.562. The molecule has 1 amide bonds. The first kappa shape index (κ1) is 22.9. The average molecular weight is 382 g/mol. The Labute approximate surface area is 154 Å². The third kappa shape index (κ3) is 6.09. The molecule has 1 aromatic carbocycles. The number of anilines is 2. The van der Waals surface area contributed by atoms with Gasteiger partial charge in [-0.3, -0.25) is 4.79 Å². The van der Waals surface area contributed by atoms with Gasteiger partial charge in [-0.05, 0) is 23.6 Å². The smallest absolute Gasteiger partial charge is 0.241 e. The lowest BCUT2D eigenvalue weighted by Gasteiger charge is -2.29. The normalized spacial score (nSPS) is 15.8. The second-order valence-electron chi connectivity index (χ2n) is 6.63. The maximum absolute atomic E-state index is 13.8. The van der Waals surface area contributed by atoms with Gasteiger partial charge in [-0.1, -0.05) is 20.8 Å². The molecule has 1 aliphatic heterocycles. The van der Waals surface area contributed by atoms with Crippen LogP contribution in [0.4, 0.5) is 15.8 Å². The van der Waals surface area contributed by atoms with E-state index >= 15 is 0 Å². The molecule has 1 aromatic rings. The van der Waals surface area contributed by atoms with Crippen LogP contribution in [0.1, 0.15) is 20.8 Å². The number of morpholine rings is 1. The number of nitrogens with one attached hydrogen (secondary N) is 1. The lowest BCUT2D eigenvalue weighted by Crippen LogP contribution is -2.45. The van der Waals surface area contributed by atoms with Gasteiger partial charge in [-0.25, -0.2) is 4.39 Å². The van der Waals surface area contributed by atoms with Crippen molar-refractivity contribution >= 4 is 42.1 Å². The standard InChI is InChI=1S/C16H24FN3O2.2ClH/c1-16(2,3)14(18)15(21)19-12-8-11(17)9-13(10-12)20-4-6-22-7-5-20;;/h8-10,14H,4-7,18H2,1-3H3,(H,19,21);2*1H/t14-;;/m1../s1. The fourth-order valence-corrected chi connectivity index (χ4v) is 2.26. The maximum atomic E-state index is 13.8. The van der Waals surface area contributed by atoms with Crippen LogP contribution in [-0.4, -0.2) is 38.3 Å². The zero-order valence-corrected chi connectivity index (χ0v) is 15.8. The van der Waals surface area contributed by atoms with Gasteiger partial charge in [-0.2, -0.15) is 0 Å². The number of benzene rings is 1.